The van der Waals surface area contributed by atoms with Crippen molar-refractivity contribution in [2.24, 2.45) is 0 Å². The first-order valence-corrected chi connectivity index (χ1v) is 8.39. The first-order valence-electron chi connectivity index (χ1n) is 7.64. The Hall–Kier alpha value is -2.50. The van der Waals surface area contributed by atoms with Gasteiger partial charge in [0, 0.05) is 29.3 Å². The lowest BCUT2D eigenvalue weighted by atomic mass is 10.1. The third-order valence-corrected chi connectivity index (χ3v) is 4.48. The zero-order valence-corrected chi connectivity index (χ0v) is 14.6. The van der Waals surface area contributed by atoms with Gasteiger partial charge in [-0.15, -0.1) is 0 Å². The van der Waals surface area contributed by atoms with Gasteiger partial charge in [-0.25, -0.2) is 0 Å². The lowest BCUT2D eigenvalue weighted by Gasteiger charge is -2.07. The third-order valence-electron chi connectivity index (χ3n) is 3.74. The highest BCUT2D eigenvalue weighted by Gasteiger charge is 2.14. The molecule has 2 aromatic carbocycles. The molecule has 128 valence electrons. The van der Waals surface area contributed by atoms with Crippen LogP contribution in [0.25, 0.3) is 10.9 Å². The Bertz CT molecular complexity index is 937. The van der Waals surface area contributed by atoms with Gasteiger partial charge in [-0.3, -0.25) is 9.59 Å². The van der Waals surface area contributed by atoms with Crippen molar-refractivity contribution in [3.8, 4) is 0 Å². The number of carbonyl (C=O) groups excluding carboxylic acids is 2. The Morgan fingerprint density at radius 3 is 2.60 bits per heavy atom. The molecule has 3 rings (SSSR count). The van der Waals surface area contributed by atoms with E-state index in [9.17, 15) is 9.59 Å². The minimum atomic E-state index is -0.752. The molecular formula is C18H15Cl2N3O2. The van der Waals surface area contributed by atoms with Crippen LogP contribution in [0.5, 0.6) is 0 Å². The number of fused-ring (bicyclic) bond motifs is 1. The first kappa shape index (κ1) is 17.3. The molecule has 2 amide bonds. The number of halogens is 2. The molecule has 1 heterocycles. The van der Waals surface area contributed by atoms with Crippen LogP contribution in [0.15, 0.2) is 48.7 Å². The van der Waals surface area contributed by atoms with Crippen LogP contribution in [0.3, 0.4) is 0 Å². The van der Waals surface area contributed by atoms with Crippen LogP contribution in [0.2, 0.25) is 10.0 Å². The van der Waals surface area contributed by atoms with Gasteiger partial charge in [0.1, 0.15) is 0 Å². The fourth-order valence-corrected chi connectivity index (χ4v) is 2.79. The highest BCUT2D eigenvalue weighted by Crippen LogP contribution is 2.24. The molecule has 0 atom stereocenters. The highest BCUT2D eigenvalue weighted by atomic mass is 35.5. The molecule has 0 bridgehead atoms. The average molecular weight is 376 g/mol. The Balaban J connectivity index is 1.53. The van der Waals surface area contributed by atoms with Crippen LogP contribution in [-0.2, 0) is 16.0 Å². The van der Waals surface area contributed by atoms with Crippen molar-refractivity contribution in [2.75, 3.05) is 11.9 Å². The summed E-state index contributed by atoms with van der Waals surface area (Å²) in [4.78, 5) is 27.0. The lowest BCUT2D eigenvalue weighted by Crippen LogP contribution is -2.36. The average Bonchev–Trinajstić information content (AvgIpc) is 3.01. The van der Waals surface area contributed by atoms with E-state index in [1.165, 1.54) is 6.07 Å². The molecule has 25 heavy (non-hydrogen) atoms. The van der Waals surface area contributed by atoms with Gasteiger partial charge >= 0.3 is 11.8 Å². The minimum absolute atomic E-state index is 0.305. The van der Waals surface area contributed by atoms with Gasteiger partial charge in [0.05, 0.1) is 10.0 Å². The molecule has 7 heteroatoms. The maximum Gasteiger partial charge on any atom is 0.313 e. The summed E-state index contributed by atoms with van der Waals surface area (Å²) in [5.74, 6) is -1.46. The van der Waals surface area contributed by atoms with Gasteiger partial charge in [-0.1, -0.05) is 41.4 Å². The summed E-state index contributed by atoms with van der Waals surface area (Å²) in [5.41, 5.74) is 2.54. The number of carbonyl (C=O) groups is 2. The molecule has 0 spiro atoms. The normalized spacial score (nSPS) is 10.6. The topological polar surface area (TPSA) is 74.0 Å². The number of rotatable bonds is 4. The largest absolute Gasteiger partial charge is 0.361 e. The molecule has 0 fully saturated rings. The van der Waals surface area contributed by atoms with E-state index in [0.29, 0.717) is 28.7 Å². The summed E-state index contributed by atoms with van der Waals surface area (Å²) in [6, 6.07) is 12.5. The third kappa shape index (κ3) is 4.13. The summed E-state index contributed by atoms with van der Waals surface area (Å²) < 4.78 is 0. The molecule has 0 aliphatic carbocycles. The quantitative estimate of drug-likeness (QED) is 0.607. The number of aromatic amines is 1. The molecule has 0 unspecified atom stereocenters. The molecule has 1 aromatic heterocycles. The van der Waals surface area contributed by atoms with E-state index in [4.69, 9.17) is 23.2 Å². The monoisotopic (exact) mass is 375 g/mol. The number of hydrogen-bond donors (Lipinski definition) is 3. The summed E-state index contributed by atoms with van der Waals surface area (Å²) in [6.07, 6.45) is 2.53. The van der Waals surface area contributed by atoms with Gasteiger partial charge in [0.15, 0.2) is 0 Å². The van der Waals surface area contributed by atoms with E-state index < -0.39 is 11.8 Å². The molecule has 3 N–H and O–H groups in total. The van der Waals surface area contributed by atoms with E-state index in [2.05, 4.69) is 15.6 Å². The molecule has 0 saturated carbocycles. The Labute approximate surface area is 154 Å². The van der Waals surface area contributed by atoms with Crippen molar-refractivity contribution in [2.45, 2.75) is 6.42 Å². The summed E-state index contributed by atoms with van der Waals surface area (Å²) >= 11 is 11.7. The van der Waals surface area contributed by atoms with Gasteiger partial charge in [0.2, 0.25) is 0 Å². The smallest absolute Gasteiger partial charge is 0.313 e. The fourth-order valence-electron chi connectivity index (χ4n) is 2.49. The molecule has 0 saturated heterocycles. The Kier molecular flexibility index (Phi) is 5.26. The number of nitrogens with one attached hydrogen (secondary N) is 3. The van der Waals surface area contributed by atoms with Crippen molar-refractivity contribution in [1.82, 2.24) is 10.3 Å². The predicted octanol–water partition coefficient (Wildman–Crippen LogP) is 3.77. The fraction of sp³-hybridized carbons (Fsp3) is 0.111. The maximum absolute atomic E-state index is 11.9. The number of H-pyrrole nitrogens is 1. The van der Waals surface area contributed by atoms with E-state index in [0.717, 1.165) is 16.5 Å². The SMILES string of the molecule is O=C(NCCc1c[nH]c2ccccc12)C(=O)Nc1ccc(Cl)c(Cl)c1. The number of aromatic nitrogens is 1. The minimum Gasteiger partial charge on any atom is -0.361 e. The van der Waals surface area contributed by atoms with Crippen molar-refractivity contribution >= 4 is 51.6 Å². The predicted molar refractivity (Wildman–Crippen MR) is 100 cm³/mol. The molecule has 0 aliphatic heterocycles. The van der Waals surface area contributed by atoms with Crippen LogP contribution in [0, 0.1) is 0 Å². The first-order chi connectivity index (χ1) is 12.0. The maximum atomic E-state index is 11.9. The second-order valence-corrected chi connectivity index (χ2v) is 6.26. The highest BCUT2D eigenvalue weighted by molar-refractivity contribution is 6.42. The molecule has 0 aliphatic rings. The van der Waals surface area contributed by atoms with Crippen molar-refractivity contribution in [3.05, 3.63) is 64.3 Å². The van der Waals surface area contributed by atoms with E-state index in [1.807, 2.05) is 30.5 Å². The summed E-state index contributed by atoms with van der Waals surface area (Å²) in [6.45, 7) is 0.357. The number of para-hydroxylation sites is 1. The van der Waals surface area contributed by atoms with Crippen LogP contribution in [0.4, 0.5) is 5.69 Å². The van der Waals surface area contributed by atoms with Gasteiger partial charge in [-0.05, 0) is 36.2 Å². The van der Waals surface area contributed by atoms with Gasteiger partial charge in [-0.2, -0.15) is 0 Å². The molecule has 5 nitrogen and oxygen atoms in total. The Morgan fingerprint density at radius 2 is 1.80 bits per heavy atom. The second kappa shape index (κ2) is 7.59. The van der Waals surface area contributed by atoms with E-state index >= 15 is 0 Å². The zero-order valence-electron chi connectivity index (χ0n) is 13.1. The zero-order chi connectivity index (χ0) is 17.8. The number of amides is 2. The van der Waals surface area contributed by atoms with Crippen LogP contribution in [-0.4, -0.2) is 23.3 Å². The summed E-state index contributed by atoms with van der Waals surface area (Å²) in [5, 5.41) is 6.88. The van der Waals surface area contributed by atoms with Crippen molar-refractivity contribution in [1.29, 1.82) is 0 Å². The second-order valence-electron chi connectivity index (χ2n) is 5.45. The number of benzene rings is 2. The van der Waals surface area contributed by atoms with Crippen LogP contribution < -0.4 is 10.6 Å². The van der Waals surface area contributed by atoms with Gasteiger partial charge in [0.25, 0.3) is 0 Å². The molecule has 3 aromatic rings. The lowest BCUT2D eigenvalue weighted by molar-refractivity contribution is -0.136. The summed E-state index contributed by atoms with van der Waals surface area (Å²) in [7, 11) is 0. The standard InChI is InChI=1S/C18H15Cl2N3O2/c19-14-6-5-12(9-15(14)20)23-18(25)17(24)21-8-7-11-10-22-16-4-2-1-3-13(11)16/h1-6,9-10,22H,7-8H2,(H,21,24)(H,23,25). The Morgan fingerprint density at radius 1 is 1.00 bits per heavy atom. The van der Waals surface area contributed by atoms with E-state index in [-0.39, 0.29) is 0 Å². The number of hydrogen-bond acceptors (Lipinski definition) is 2. The molecule has 0 radical (unpaired) electrons. The van der Waals surface area contributed by atoms with Gasteiger partial charge < -0.3 is 15.6 Å². The number of anilines is 1. The van der Waals surface area contributed by atoms with E-state index in [1.54, 1.807) is 12.1 Å². The van der Waals surface area contributed by atoms with Crippen LogP contribution >= 0.6 is 23.2 Å². The van der Waals surface area contributed by atoms with Crippen LogP contribution in [0.1, 0.15) is 5.56 Å². The molecular weight excluding hydrogens is 361 g/mol. The van der Waals surface area contributed by atoms with Crippen molar-refractivity contribution in [3.63, 3.8) is 0 Å². The van der Waals surface area contributed by atoms with Crippen molar-refractivity contribution < 1.29 is 9.59 Å².